The fourth-order valence-electron chi connectivity index (χ4n) is 1.76. The van der Waals surface area contributed by atoms with E-state index in [4.69, 9.17) is 11.6 Å². The zero-order valence-electron chi connectivity index (χ0n) is 9.42. The minimum atomic E-state index is -0.306. The molecule has 1 atom stereocenters. The molecule has 2 N–H and O–H groups in total. The number of nitrogens with one attached hydrogen (secondary N) is 2. The highest BCUT2D eigenvalue weighted by molar-refractivity contribution is 6.33. The van der Waals surface area contributed by atoms with Gasteiger partial charge in [-0.3, -0.25) is 9.59 Å². The van der Waals surface area contributed by atoms with E-state index in [2.05, 4.69) is 10.6 Å². The van der Waals surface area contributed by atoms with E-state index in [-0.39, 0.29) is 24.2 Å². The summed E-state index contributed by atoms with van der Waals surface area (Å²) in [5.41, 5.74) is 1.61. The van der Waals surface area contributed by atoms with Crippen LogP contribution in [0.3, 0.4) is 0 Å². The Morgan fingerprint density at radius 2 is 2.29 bits per heavy atom. The molecule has 5 heteroatoms. The first kappa shape index (κ1) is 11.9. The Morgan fingerprint density at radius 1 is 1.53 bits per heavy atom. The van der Waals surface area contributed by atoms with Crippen molar-refractivity contribution in [1.29, 1.82) is 0 Å². The van der Waals surface area contributed by atoms with Crippen LogP contribution in [-0.2, 0) is 9.59 Å². The van der Waals surface area contributed by atoms with Crippen LogP contribution in [0.15, 0.2) is 18.2 Å². The van der Waals surface area contributed by atoms with Gasteiger partial charge in [-0.05, 0) is 24.6 Å². The molecule has 90 valence electrons. The van der Waals surface area contributed by atoms with E-state index < -0.39 is 0 Å². The van der Waals surface area contributed by atoms with Crippen molar-refractivity contribution in [2.24, 2.45) is 5.92 Å². The number of anilines is 1. The minimum Gasteiger partial charge on any atom is -0.355 e. The third-order valence-electron chi connectivity index (χ3n) is 2.73. The number of aryl methyl sites for hydroxylation is 1. The van der Waals surface area contributed by atoms with E-state index in [1.54, 1.807) is 6.07 Å². The van der Waals surface area contributed by atoms with E-state index in [0.717, 1.165) is 5.56 Å². The molecular weight excluding hydrogens is 240 g/mol. The van der Waals surface area contributed by atoms with Crippen LogP contribution >= 0.6 is 11.6 Å². The van der Waals surface area contributed by atoms with Crippen molar-refractivity contribution in [2.75, 3.05) is 11.9 Å². The van der Waals surface area contributed by atoms with Gasteiger partial charge in [0.05, 0.1) is 16.6 Å². The topological polar surface area (TPSA) is 58.2 Å². The van der Waals surface area contributed by atoms with Gasteiger partial charge in [0, 0.05) is 13.0 Å². The molecule has 0 aromatic heterocycles. The van der Waals surface area contributed by atoms with Crippen molar-refractivity contribution in [3.63, 3.8) is 0 Å². The maximum Gasteiger partial charge on any atom is 0.229 e. The van der Waals surface area contributed by atoms with Gasteiger partial charge in [-0.15, -0.1) is 0 Å². The molecule has 1 aliphatic heterocycles. The largest absolute Gasteiger partial charge is 0.355 e. The predicted molar refractivity (Wildman–Crippen MR) is 65.9 cm³/mol. The second kappa shape index (κ2) is 4.75. The lowest BCUT2D eigenvalue weighted by Gasteiger charge is -2.11. The number of rotatable bonds is 2. The van der Waals surface area contributed by atoms with Crippen LogP contribution in [0.4, 0.5) is 5.69 Å². The van der Waals surface area contributed by atoms with Gasteiger partial charge in [0.2, 0.25) is 11.8 Å². The van der Waals surface area contributed by atoms with Crippen LogP contribution < -0.4 is 10.6 Å². The molecule has 0 saturated carbocycles. The first-order chi connectivity index (χ1) is 8.06. The number of benzene rings is 1. The summed E-state index contributed by atoms with van der Waals surface area (Å²) in [5, 5.41) is 5.88. The van der Waals surface area contributed by atoms with Crippen LogP contribution in [0.1, 0.15) is 12.0 Å². The number of carbonyl (C=O) groups is 2. The molecule has 2 amide bonds. The number of carbonyl (C=O) groups excluding carboxylic acids is 2. The third kappa shape index (κ3) is 2.77. The lowest BCUT2D eigenvalue weighted by Crippen LogP contribution is -2.24. The zero-order valence-corrected chi connectivity index (χ0v) is 10.2. The van der Waals surface area contributed by atoms with Crippen LogP contribution in [0.5, 0.6) is 0 Å². The van der Waals surface area contributed by atoms with E-state index in [1.165, 1.54) is 0 Å². The summed E-state index contributed by atoms with van der Waals surface area (Å²) in [5.74, 6) is -0.560. The summed E-state index contributed by atoms with van der Waals surface area (Å²) in [4.78, 5) is 22.9. The second-order valence-electron chi connectivity index (χ2n) is 4.18. The Hall–Kier alpha value is -1.55. The van der Waals surface area contributed by atoms with Crippen molar-refractivity contribution >= 4 is 29.1 Å². The molecule has 1 aliphatic rings. The highest BCUT2D eigenvalue weighted by Gasteiger charge is 2.28. The monoisotopic (exact) mass is 252 g/mol. The fourth-order valence-corrected chi connectivity index (χ4v) is 1.93. The summed E-state index contributed by atoms with van der Waals surface area (Å²) >= 11 is 5.98. The first-order valence-electron chi connectivity index (χ1n) is 5.40. The van der Waals surface area contributed by atoms with Gasteiger partial charge in [0.25, 0.3) is 0 Å². The van der Waals surface area contributed by atoms with Crippen molar-refractivity contribution < 1.29 is 9.59 Å². The van der Waals surface area contributed by atoms with Crippen molar-refractivity contribution in [2.45, 2.75) is 13.3 Å². The van der Waals surface area contributed by atoms with Gasteiger partial charge in [0.15, 0.2) is 0 Å². The molecule has 1 aromatic rings. The summed E-state index contributed by atoms with van der Waals surface area (Å²) in [6.07, 6.45) is 0.245. The highest BCUT2D eigenvalue weighted by Crippen LogP contribution is 2.24. The minimum absolute atomic E-state index is 0.0829. The van der Waals surface area contributed by atoms with Gasteiger partial charge in [-0.1, -0.05) is 17.7 Å². The van der Waals surface area contributed by atoms with Crippen molar-refractivity contribution in [1.82, 2.24) is 5.32 Å². The quantitative estimate of drug-likeness (QED) is 0.842. The van der Waals surface area contributed by atoms with Gasteiger partial charge in [-0.25, -0.2) is 0 Å². The van der Waals surface area contributed by atoms with Gasteiger partial charge >= 0.3 is 0 Å². The Kier molecular flexibility index (Phi) is 3.33. The molecule has 4 nitrogen and oxygen atoms in total. The maximum absolute atomic E-state index is 11.9. The lowest BCUT2D eigenvalue weighted by atomic mass is 10.1. The predicted octanol–water partition coefficient (Wildman–Crippen LogP) is 1.72. The zero-order chi connectivity index (χ0) is 12.4. The summed E-state index contributed by atoms with van der Waals surface area (Å²) < 4.78 is 0. The Labute approximate surface area is 104 Å². The number of hydrogen-bond donors (Lipinski definition) is 2. The molecule has 0 radical (unpaired) electrons. The SMILES string of the molecule is Cc1ccc(Cl)c(NC(=O)C2CNC(=O)C2)c1. The standard InChI is InChI=1S/C12H13ClN2O2/c1-7-2-3-9(13)10(4-7)15-12(17)8-5-11(16)14-6-8/h2-4,8H,5-6H2,1H3,(H,14,16)(H,15,17). The molecule has 1 unspecified atom stereocenters. The number of halogens is 1. The Bertz CT molecular complexity index is 474. The summed E-state index contributed by atoms with van der Waals surface area (Å²) in [6.45, 7) is 2.32. The Balaban J connectivity index is 2.07. The van der Waals surface area contributed by atoms with Crippen LogP contribution in [0, 0.1) is 12.8 Å². The molecular formula is C12H13ClN2O2. The van der Waals surface area contributed by atoms with E-state index in [9.17, 15) is 9.59 Å². The van der Waals surface area contributed by atoms with Crippen LogP contribution in [0.2, 0.25) is 5.02 Å². The van der Waals surface area contributed by atoms with E-state index in [1.807, 2.05) is 19.1 Å². The third-order valence-corrected chi connectivity index (χ3v) is 3.06. The summed E-state index contributed by atoms with van der Waals surface area (Å²) in [6, 6.07) is 5.42. The molecule has 1 fully saturated rings. The Morgan fingerprint density at radius 3 is 2.94 bits per heavy atom. The smallest absolute Gasteiger partial charge is 0.229 e. The molecule has 0 bridgehead atoms. The number of hydrogen-bond acceptors (Lipinski definition) is 2. The van der Waals surface area contributed by atoms with E-state index >= 15 is 0 Å². The maximum atomic E-state index is 11.9. The molecule has 2 rings (SSSR count). The number of amides is 2. The van der Waals surface area contributed by atoms with Crippen LogP contribution in [0.25, 0.3) is 0 Å². The molecule has 17 heavy (non-hydrogen) atoms. The molecule has 0 aliphatic carbocycles. The molecule has 0 spiro atoms. The van der Waals surface area contributed by atoms with Gasteiger partial charge in [-0.2, -0.15) is 0 Å². The average Bonchev–Trinajstić information content (AvgIpc) is 2.70. The fraction of sp³-hybridized carbons (Fsp3) is 0.333. The molecule has 1 aromatic carbocycles. The first-order valence-corrected chi connectivity index (χ1v) is 5.78. The molecule has 1 saturated heterocycles. The van der Waals surface area contributed by atoms with Crippen molar-refractivity contribution in [3.05, 3.63) is 28.8 Å². The second-order valence-corrected chi connectivity index (χ2v) is 4.58. The van der Waals surface area contributed by atoms with Crippen molar-refractivity contribution in [3.8, 4) is 0 Å². The van der Waals surface area contributed by atoms with E-state index in [0.29, 0.717) is 17.3 Å². The normalized spacial score (nSPS) is 18.9. The average molecular weight is 253 g/mol. The van der Waals surface area contributed by atoms with Gasteiger partial charge < -0.3 is 10.6 Å². The lowest BCUT2D eigenvalue weighted by molar-refractivity contribution is -0.123. The molecule has 1 heterocycles. The van der Waals surface area contributed by atoms with Gasteiger partial charge in [0.1, 0.15) is 0 Å². The van der Waals surface area contributed by atoms with Crippen LogP contribution in [-0.4, -0.2) is 18.4 Å². The highest BCUT2D eigenvalue weighted by atomic mass is 35.5. The summed E-state index contributed by atoms with van der Waals surface area (Å²) in [7, 11) is 0.